The molecule has 28 heavy (non-hydrogen) atoms. The molecule has 0 N–H and O–H groups in total. The molecule has 1 spiro atoms. The Morgan fingerprint density at radius 3 is 2.68 bits per heavy atom. The van der Waals surface area contributed by atoms with Gasteiger partial charge in [0.1, 0.15) is 0 Å². The van der Waals surface area contributed by atoms with Crippen LogP contribution in [-0.4, -0.2) is 35.8 Å². The Hall–Kier alpha value is -2.53. The molecule has 5 rings (SSSR count). The van der Waals surface area contributed by atoms with E-state index in [0.717, 1.165) is 42.0 Å². The zero-order valence-corrected chi connectivity index (χ0v) is 16.6. The van der Waals surface area contributed by atoms with Gasteiger partial charge in [-0.05, 0) is 25.5 Å². The smallest absolute Gasteiger partial charge is 0.203 e. The standard InChI is InChI=1S/C23H26N2O3/c1-22(2)15-23(12-13-27-22)25-19(14-18(24-25)16-8-5-4-6-9-16)17-10-7-11-20(26-3)21(17)28-23/h4-11,19H,12-15H2,1-3H3/t19-,23-/m1/s1. The van der Waals surface area contributed by atoms with Crippen LogP contribution in [0, 0.1) is 0 Å². The second-order valence-electron chi connectivity index (χ2n) is 8.44. The lowest BCUT2D eigenvalue weighted by Gasteiger charge is -2.52. The first-order valence-corrected chi connectivity index (χ1v) is 9.93. The Balaban J connectivity index is 1.64. The Kier molecular flexibility index (Phi) is 3.91. The van der Waals surface area contributed by atoms with Crippen molar-refractivity contribution in [2.75, 3.05) is 13.7 Å². The van der Waals surface area contributed by atoms with Crippen LogP contribution < -0.4 is 9.47 Å². The largest absolute Gasteiger partial charge is 0.493 e. The monoisotopic (exact) mass is 378 g/mol. The van der Waals surface area contributed by atoms with Crippen LogP contribution in [0.5, 0.6) is 11.5 Å². The number of para-hydroxylation sites is 1. The summed E-state index contributed by atoms with van der Waals surface area (Å²) in [5.74, 6) is 1.64. The fraction of sp³-hybridized carbons (Fsp3) is 0.435. The summed E-state index contributed by atoms with van der Waals surface area (Å²) in [6.07, 6.45) is 2.38. The average Bonchev–Trinajstić information content (AvgIpc) is 3.14. The van der Waals surface area contributed by atoms with Crippen molar-refractivity contribution in [3.63, 3.8) is 0 Å². The van der Waals surface area contributed by atoms with Crippen LogP contribution in [0.2, 0.25) is 0 Å². The number of methoxy groups -OCH3 is 1. The van der Waals surface area contributed by atoms with E-state index in [-0.39, 0.29) is 11.6 Å². The van der Waals surface area contributed by atoms with Crippen molar-refractivity contribution in [3.8, 4) is 11.5 Å². The molecule has 3 aliphatic rings. The third-order valence-corrected chi connectivity index (χ3v) is 6.00. The predicted octanol–water partition coefficient (Wildman–Crippen LogP) is 4.52. The summed E-state index contributed by atoms with van der Waals surface area (Å²) in [5.41, 5.74) is 2.62. The molecule has 5 nitrogen and oxygen atoms in total. The van der Waals surface area contributed by atoms with E-state index in [9.17, 15) is 0 Å². The third-order valence-electron chi connectivity index (χ3n) is 6.00. The summed E-state index contributed by atoms with van der Waals surface area (Å²) in [5, 5.41) is 7.32. The summed E-state index contributed by atoms with van der Waals surface area (Å²) in [6, 6.07) is 16.7. The summed E-state index contributed by atoms with van der Waals surface area (Å²) in [6.45, 7) is 4.90. The number of rotatable bonds is 2. The SMILES string of the molecule is COc1cccc2c1O[C@@]1(CCOC(C)(C)C1)N1N=C(c3ccccc3)C[C@H]21. The highest BCUT2D eigenvalue weighted by Crippen LogP contribution is 2.54. The van der Waals surface area contributed by atoms with Gasteiger partial charge in [-0.2, -0.15) is 5.10 Å². The van der Waals surface area contributed by atoms with Gasteiger partial charge in [0.2, 0.25) is 5.72 Å². The molecule has 3 aliphatic heterocycles. The molecular weight excluding hydrogens is 352 g/mol. The number of fused-ring (bicyclic) bond motifs is 4. The molecule has 0 radical (unpaired) electrons. The lowest BCUT2D eigenvalue weighted by Crippen LogP contribution is -2.60. The minimum absolute atomic E-state index is 0.142. The van der Waals surface area contributed by atoms with Crippen LogP contribution in [0.25, 0.3) is 0 Å². The van der Waals surface area contributed by atoms with E-state index in [1.54, 1.807) is 7.11 Å². The summed E-state index contributed by atoms with van der Waals surface area (Å²) in [7, 11) is 1.70. The molecule has 0 bridgehead atoms. The van der Waals surface area contributed by atoms with E-state index in [1.165, 1.54) is 5.56 Å². The number of hydrazone groups is 1. The highest BCUT2D eigenvalue weighted by molar-refractivity contribution is 6.02. The lowest BCUT2D eigenvalue weighted by molar-refractivity contribution is -0.212. The molecule has 2 aromatic carbocycles. The molecule has 146 valence electrons. The fourth-order valence-corrected chi connectivity index (χ4v) is 4.81. The topological polar surface area (TPSA) is 43.3 Å². The molecule has 0 saturated carbocycles. The zero-order valence-electron chi connectivity index (χ0n) is 16.6. The van der Waals surface area contributed by atoms with E-state index < -0.39 is 5.72 Å². The van der Waals surface area contributed by atoms with Crippen LogP contribution in [-0.2, 0) is 4.74 Å². The van der Waals surface area contributed by atoms with Gasteiger partial charge in [-0.25, -0.2) is 5.01 Å². The van der Waals surface area contributed by atoms with Crippen LogP contribution in [0.3, 0.4) is 0 Å². The Bertz CT molecular complexity index is 925. The molecule has 0 amide bonds. The summed E-state index contributed by atoms with van der Waals surface area (Å²) >= 11 is 0. The maximum atomic E-state index is 6.73. The van der Waals surface area contributed by atoms with Crippen LogP contribution in [0.4, 0.5) is 0 Å². The molecule has 0 aliphatic carbocycles. The van der Waals surface area contributed by atoms with Gasteiger partial charge >= 0.3 is 0 Å². The van der Waals surface area contributed by atoms with E-state index in [4.69, 9.17) is 19.3 Å². The number of benzene rings is 2. The average molecular weight is 378 g/mol. The van der Waals surface area contributed by atoms with Crippen LogP contribution in [0.15, 0.2) is 53.6 Å². The van der Waals surface area contributed by atoms with Crippen molar-refractivity contribution < 1.29 is 14.2 Å². The van der Waals surface area contributed by atoms with Crippen LogP contribution >= 0.6 is 0 Å². The molecule has 1 saturated heterocycles. The van der Waals surface area contributed by atoms with Gasteiger partial charge in [0.15, 0.2) is 11.5 Å². The van der Waals surface area contributed by atoms with E-state index in [2.05, 4.69) is 49.2 Å². The maximum absolute atomic E-state index is 6.73. The van der Waals surface area contributed by atoms with E-state index in [1.807, 2.05) is 18.2 Å². The fourth-order valence-electron chi connectivity index (χ4n) is 4.81. The molecule has 1 fully saturated rings. The molecular formula is C23H26N2O3. The van der Waals surface area contributed by atoms with Gasteiger partial charge < -0.3 is 14.2 Å². The van der Waals surface area contributed by atoms with Gasteiger partial charge in [-0.15, -0.1) is 0 Å². The second kappa shape index (κ2) is 6.24. The molecule has 2 atom stereocenters. The first-order chi connectivity index (χ1) is 13.5. The van der Waals surface area contributed by atoms with E-state index >= 15 is 0 Å². The van der Waals surface area contributed by atoms with Gasteiger partial charge in [0, 0.05) is 24.8 Å². The van der Waals surface area contributed by atoms with Crippen LogP contribution in [0.1, 0.15) is 50.3 Å². The number of hydrogen-bond donors (Lipinski definition) is 0. The molecule has 0 unspecified atom stereocenters. The first-order valence-electron chi connectivity index (χ1n) is 9.93. The molecule has 3 heterocycles. The number of ether oxygens (including phenoxy) is 3. The van der Waals surface area contributed by atoms with Crippen molar-refractivity contribution in [1.29, 1.82) is 0 Å². The Morgan fingerprint density at radius 1 is 1.11 bits per heavy atom. The van der Waals surface area contributed by atoms with Gasteiger partial charge in [-0.1, -0.05) is 42.5 Å². The third kappa shape index (κ3) is 2.68. The summed E-state index contributed by atoms with van der Waals surface area (Å²) < 4.78 is 18.4. The molecule has 5 heteroatoms. The first kappa shape index (κ1) is 17.6. The molecule has 0 aromatic heterocycles. The normalized spacial score (nSPS) is 27.6. The van der Waals surface area contributed by atoms with Crippen molar-refractivity contribution in [3.05, 3.63) is 59.7 Å². The zero-order chi connectivity index (χ0) is 19.4. The quantitative estimate of drug-likeness (QED) is 0.770. The van der Waals surface area contributed by atoms with E-state index in [0.29, 0.717) is 6.61 Å². The molecule has 2 aromatic rings. The predicted molar refractivity (Wildman–Crippen MR) is 108 cm³/mol. The minimum Gasteiger partial charge on any atom is -0.493 e. The highest BCUT2D eigenvalue weighted by atomic mass is 16.6. The Labute approximate surface area is 165 Å². The van der Waals surface area contributed by atoms with Gasteiger partial charge in [0.05, 0.1) is 31.1 Å². The van der Waals surface area contributed by atoms with Crippen molar-refractivity contribution >= 4 is 5.71 Å². The highest BCUT2D eigenvalue weighted by Gasteiger charge is 2.55. The lowest BCUT2D eigenvalue weighted by atomic mass is 9.86. The second-order valence-corrected chi connectivity index (χ2v) is 8.44. The van der Waals surface area contributed by atoms with Crippen molar-refractivity contribution in [1.82, 2.24) is 5.01 Å². The van der Waals surface area contributed by atoms with Crippen molar-refractivity contribution in [2.24, 2.45) is 5.10 Å². The van der Waals surface area contributed by atoms with Gasteiger partial charge in [0.25, 0.3) is 0 Å². The summed E-state index contributed by atoms with van der Waals surface area (Å²) in [4.78, 5) is 0. The van der Waals surface area contributed by atoms with Crippen molar-refractivity contribution in [2.45, 2.75) is 50.5 Å². The maximum Gasteiger partial charge on any atom is 0.203 e. The minimum atomic E-state index is -0.523. The number of hydrogen-bond acceptors (Lipinski definition) is 5. The number of nitrogens with zero attached hydrogens (tertiary/aromatic N) is 2. The van der Waals surface area contributed by atoms with Gasteiger partial charge in [-0.3, -0.25) is 0 Å². The Morgan fingerprint density at radius 2 is 1.93 bits per heavy atom.